The summed E-state index contributed by atoms with van der Waals surface area (Å²) in [5, 5.41) is 13.5. The SMILES string of the molecule is O=[N+]([O-])c1cccnc1NCc1ncc[nH]1. The minimum absolute atomic E-state index is 0.0472. The summed E-state index contributed by atoms with van der Waals surface area (Å²) in [6.07, 6.45) is 4.80. The van der Waals surface area contributed by atoms with Crippen LogP contribution in [0.3, 0.4) is 0 Å². The van der Waals surface area contributed by atoms with E-state index in [4.69, 9.17) is 0 Å². The molecule has 7 nitrogen and oxygen atoms in total. The van der Waals surface area contributed by atoms with Gasteiger partial charge < -0.3 is 10.3 Å². The van der Waals surface area contributed by atoms with Crippen LogP contribution < -0.4 is 5.32 Å². The lowest BCUT2D eigenvalue weighted by atomic mass is 10.4. The largest absolute Gasteiger partial charge is 0.357 e. The summed E-state index contributed by atoms with van der Waals surface area (Å²) < 4.78 is 0. The molecule has 0 fully saturated rings. The van der Waals surface area contributed by atoms with E-state index in [1.165, 1.54) is 18.3 Å². The highest BCUT2D eigenvalue weighted by molar-refractivity contribution is 5.54. The Morgan fingerprint density at radius 1 is 1.44 bits per heavy atom. The topological polar surface area (TPSA) is 96.7 Å². The summed E-state index contributed by atoms with van der Waals surface area (Å²) in [5.41, 5.74) is -0.0472. The third-order valence-electron chi connectivity index (χ3n) is 1.96. The number of rotatable bonds is 4. The van der Waals surface area contributed by atoms with Crippen LogP contribution in [0.4, 0.5) is 11.5 Å². The molecule has 0 aromatic carbocycles. The Bertz CT molecular complexity index is 482. The van der Waals surface area contributed by atoms with Crippen molar-refractivity contribution in [2.75, 3.05) is 5.32 Å². The molecule has 0 atom stereocenters. The van der Waals surface area contributed by atoms with Crippen molar-refractivity contribution in [2.45, 2.75) is 6.54 Å². The fourth-order valence-electron chi connectivity index (χ4n) is 1.24. The van der Waals surface area contributed by atoms with Gasteiger partial charge in [0.25, 0.3) is 0 Å². The van der Waals surface area contributed by atoms with Crippen LogP contribution in [0.5, 0.6) is 0 Å². The standard InChI is InChI=1S/C9H9N5O2/c15-14(16)7-2-1-3-12-9(7)13-6-8-10-4-5-11-8/h1-5H,6H2,(H,10,11)(H,12,13). The van der Waals surface area contributed by atoms with Crippen molar-refractivity contribution >= 4 is 11.5 Å². The number of hydrogen-bond donors (Lipinski definition) is 2. The van der Waals surface area contributed by atoms with Crippen LogP contribution in [-0.4, -0.2) is 19.9 Å². The molecule has 16 heavy (non-hydrogen) atoms. The number of nitro groups is 1. The summed E-state index contributed by atoms with van der Waals surface area (Å²) in [5.74, 6) is 0.934. The number of aromatic amines is 1. The Balaban J connectivity index is 2.12. The Kier molecular flexibility index (Phi) is 2.77. The second kappa shape index (κ2) is 4.39. The summed E-state index contributed by atoms with van der Waals surface area (Å²) in [7, 11) is 0. The Labute approximate surface area is 90.7 Å². The van der Waals surface area contributed by atoms with Gasteiger partial charge in [-0.2, -0.15) is 0 Å². The zero-order valence-corrected chi connectivity index (χ0v) is 8.25. The van der Waals surface area contributed by atoms with Gasteiger partial charge >= 0.3 is 5.69 Å². The third kappa shape index (κ3) is 2.14. The molecule has 82 valence electrons. The van der Waals surface area contributed by atoms with Crippen LogP contribution >= 0.6 is 0 Å². The maximum atomic E-state index is 10.7. The molecule has 2 heterocycles. The van der Waals surface area contributed by atoms with E-state index < -0.39 is 4.92 Å². The van der Waals surface area contributed by atoms with E-state index in [9.17, 15) is 10.1 Å². The van der Waals surface area contributed by atoms with Crippen molar-refractivity contribution in [1.29, 1.82) is 0 Å². The van der Waals surface area contributed by atoms with Crippen molar-refractivity contribution in [1.82, 2.24) is 15.0 Å². The van der Waals surface area contributed by atoms with Gasteiger partial charge in [-0.15, -0.1) is 0 Å². The summed E-state index contributed by atoms with van der Waals surface area (Å²) in [6.45, 7) is 0.366. The Morgan fingerprint density at radius 3 is 3.00 bits per heavy atom. The number of aromatic nitrogens is 3. The maximum absolute atomic E-state index is 10.7. The Morgan fingerprint density at radius 2 is 2.31 bits per heavy atom. The normalized spacial score (nSPS) is 10.0. The first-order chi connectivity index (χ1) is 7.77. The molecular formula is C9H9N5O2. The van der Waals surface area contributed by atoms with Crippen molar-refractivity contribution in [3.8, 4) is 0 Å². The molecular weight excluding hydrogens is 210 g/mol. The van der Waals surface area contributed by atoms with Gasteiger partial charge in [-0.1, -0.05) is 0 Å². The van der Waals surface area contributed by atoms with Crippen molar-refractivity contribution in [2.24, 2.45) is 0 Å². The lowest BCUT2D eigenvalue weighted by molar-refractivity contribution is -0.384. The lowest BCUT2D eigenvalue weighted by Gasteiger charge is -2.03. The van der Waals surface area contributed by atoms with E-state index in [0.29, 0.717) is 12.4 Å². The highest BCUT2D eigenvalue weighted by atomic mass is 16.6. The van der Waals surface area contributed by atoms with Crippen molar-refractivity contribution < 1.29 is 4.92 Å². The van der Waals surface area contributed by atoms with Gasteiger partial charge in [-0.05, 0) is 6.07 Å². The van der Waals surface area contributed by atoms with Crippen molar-refractivity contribution in [3.63, 3.8) is 0 Å². The first kappa shape index (κ1) is 10.1. The first-order valence-electron chi connectivity index (χ1n) is 4.59. The number of nitrogens with one attached hydrogen (secondary N) is 2. The van der Waals surface area contributed by atoms with Crippen LogP contribution in [0.2, 0.25) is 0 Å². The molecule has 0 aliphatic carbocycles. The molecule has 7 heteroatoms. The third-order valence-corrected chi connectivity index (χ3v) is 1.96. The van der Waals surface area contributed by atoms with E-state index >= 15 is 0 Å². The van der Waals surface area contributed by atoms with Crippen LogP contribution in [0.1, 0.15) is 5.82 Å². The highest BCUT2D eigenvalue weighted by Crippen LogP contribution is 2.20. The number of hydrogen-bond acceptors (Lipinski definition) is 5. The van der Waals surface area contributed by atoms with Gasteiger partial charge in [0.1, 0.15) is 5.82 Å². The van der Waals surface area contributed by atoms with E-state index in [1.54, 1.807) is 12.4 Å². The van der Waals surface area contributed by atoms with Crippen LogP contribution in [-0.2, 0) is 6.54 Å². The van der Waals surface area contributed by atoms with Crippen molar-refractivity contribution in [3.05, 3.63) is 46.7 Å². The molecule has 0 spiro atoms. The van der Waals surface area contributed by atoms with E-state index in [1.807, 2.05) is 0 Å². The zero-order chi connectivity index (χ0) is 11.4. The van der Waals surface area contributed by atoms with Gasteiger partial charge in [0.15, 0.2) is 0 Å². The van der Waals surface area contributed by atoms with E-state index in [2.05, 4.69) is 20.3 Å². The minimum Gasteiger partial charge on any atom is -0.357 e. The minimum atomic E-state index is -0.475. The molecule has 0 saturated heterocycles. The van der Waals surface area contributed by atoms with Gasteiger partial charge in [0, 0.05) is 24.7 Å². The molecule has 2 aromatic heterocycles. The monoisotopic (exact) mass is 219 g/mol. The molecule has 0 amide bonds. The summed E-state index contributed by atoms with van der Waals surface area (Å²) in [6, 6.07) is 2.92. The number of imidazole rings is 1. The number of H-pyrrole nitrogens is 1. The van der Waals surface area contributed by atoms with Gasteiger partial charge in [-0.3, -0.25) is 10.1 Å². The fraction of sp³-hybridized carbons (Fsp3) is 0.111. The first-order valence-corrected chi connectivity index (χ1v) is 4.59. The van der Waals surface area contributed by atoms with Crippen LogP contribution in [0.25, 0.3) is 0 Å². The molecule has 0 aliphatic rings. The smallest absolute Gasteiger partial charge is 0.311 e. The van der Waals surface area contributed by atoms with Crippen LogP contribution in [0.15, 0.2) is 30.7 Å². The molecule has 2 aromatic rings. The Hall–Kier alpha value is -2.44. The second-order valence-corrected chi connectivity index (χ2v) is 3.02. The summed E-state index contributed by atoms with van der Waals surface area (Å²) in [4.78, 5) is 21.0. The average molecular weight is 219 g/mol. The van der Waals surface area contributed by atoms with Gasteiger partial charge in [0.05, 0.1) is 11.5 Å². The highest BCUT2D eigenvalue weighted by Gasteiger charge is 2.13. The van der Waals surface area contributed by atoms with E-state index in [0.717, 1.165) is 0 Å². The summed E-state index contributed by atoms with van der Waals surface area (Å²) >= 11 is 0. The molecule has 0 saturated carbocycles. The van der Waals surface area contributed by atoms with Crippen LogP contribution in [0, 0.1) is 10.1 Å². The number of nitrogens with zero attached hydrogens (tertiary/aromatic N) is 3. The van der Waals surface area contributed by atoms with Gasteiger partial charge in [-0.25, -0.2) is 9.97 Å². The lowest BCUT2D eigenvalue weighted by Crippen LogP contribution is -2.05. The molecule has 0 radical (unpaired) electrons. The second-order valence-electron chi connectivity index (χ2n) is 3.02. The van der Waals surface area contributed by atoms with Gasteiger partial charge in [0.2, 0.25) is 5.82 Å². The zero-order valence-electron chi connectivity index (χ0n) is 8.25. The molecule has 2 rings (SSSR count). The maximum Gasteiger partial charge on any atom is 0.311 e. The predicted molar refractivity (Wildman–Crippen MR) is 56.8 cm³/mol. The average Bonchev–Trinajstić information content (AvgIpc) is 2.79. The molecule has 0 bridgehead atoms. The quantitative estimate of drug-likeness (QED) is 0.597. The fourth-order valence-corrected chi connectivity index (χ4v) is 1.24. The molecule has 0 unspecified atom stereocenters. The molecule has 2 N–H and O–H groups in total. The molecule has 0 aliphatic heterocycles. The predicted octanol–water partition coefficient (Wildman–Crippen LogP) is 1.32. The van der Waals surface area contributed by atoms with E-state index in [-0.39, 0.29) is 11.5 Å². The number of anilines is 1. The number of pyridine rings is 1.